The Morgan fingerprint density at radius 3 is 3.36 bits per heavy atom. The van der Waals surface area contributed by atoms with Crippen molar-refractivity contribution in [3.05, 3.63) is 23.5 Å². The summed E-state index contributed by atoms with van der Waals surface area (Å²) in [7, 11) is 0. The van der Waals surface area contributed by atoms with Crippen molar-refractivity contribution in [3.8, 4) is 0 Å². The van der Waals surface area contributed by atoms with E-state index >= 15 is 0 Å². The van der Waals surface area contributed by atoms with Gasteiger partial charge in [0, 0.05) is 36.3 Å². The van der Waals surface area contributed by atoms with Gasteiger partial charge in [-0.15, -0.1) is 0 Å². The summed E-state index contributed by atoms with van der Waals surface area (Å²) in [5.74, 6) is 0.664. The van der Waals surface area contributed by atoms with E-state index in [1.165, 1.54) is 11.4 Å². The van der Waals surface area contributed by atoms with Gasteiger partial charge in [-0.2, -0.15) is 0 Å². The Morgan fingerprint density at radius 1 is 1.36 bits per heavy atom. The summed E-state index contributed by atoms with van der Waals surface area (Å²) >= 11 is 0. The lowest BCUT2D eigenvalue weighted by Crippen LogP contribution is -2.34. The van der Waals surface area contributed by atoms with E-state index in [4.69, 9.17) is 0 Å². The van der Waals surface area contributed by atoms with E-state index in [-0.39, 0.29) is 0 Å². The van der Waals surface area contributed by atoms with Crippen LogP contribution in [-0.2, 0) is 6.42 Å². The maximum atomic E-state index is 3.40. The Kier molecular flexibility index (Phi) is 0.985. The summed E-state index contributed by atoms with van der Waals surface area (Å²) in [4.78, 5) is 3.40. The highest BCUT2D eigenvalue weighted by Crippen LogP contribution is 2.28. The fourth-order valence-electron chi connectivity index (χ4n) is 2.09. The lowest BCUT2D eigenvalue weighted by Gasteiger charge is -2.20. The van der Waals surface area contributed by atoms with E-state index in [9.17, 15) is 0 Å². The first-order valence-electron chi connectivity index (χ1n) is 4.09. The fraction of sp³-hybridized carbons (Fsp3) is 0.500. The molecule has 2 atom stereocenters. The van der Waals surface area contributed by atoms with Crippen LogP contribution in [0.4, 0.5) is 0 Å². The third kappa shape index (κ3) is 0.695. The highest BCUT2D eigenvalue weighted by atomic mass is 15.4. The van der Waals surface area contributed by atoms with E-state index in [0.29, 0.717) is 12.0 Å². The molecule has 0 spiro atoms. The maximum Gasteiger partial charge on any atom is 0.0363 e. The Bertz CT molecular complexity index is 279. The first kappa shape index (κ1) is 5.80. The van der Waals surface area contributed by atoms with E-state index in [2.05, 4.69) is 28.0 Å². The zero-order chi connectivity index (χ0) is 7.26. The number of hydrogen-bond acceptors (Lipinski definition) is 2. The Hall–Kier alpha value is -0.800. The molecule has 2 unspecified atom stereocenters. The van der Waals surface area contributed by atoms with Crippen LogP contribution in [0.3, 0.4) is 0 Å². The fourth-order valence-corrected chi connectivity index (χ4v) is 2.09. The second-order valence-corrected chi connectivity index (χ2v) is 3.38. The second-order valence-electron chi connectivity index (χ2n) is 3.38. The molecule has 3 heterocycles. The third-order valence-corrected chi connectivity index (χ3v) is 2.70. The van der Waals surface area contributed by atoms with Crippen molar-refractivity contribution >= 4 is 0 Å². The minimum Gasteiger partial charge on any atom is -0.362 e. The average molecular weight is 149 g/mol. The molecule has 3 rings (SSSR count). The highest BCUT2D eigenvalue weighted by molar-refractivity contribution is 5.26. The van der Waals surface area contributed by atoms with Crippen molar-refractivity contribution in [1.29, 1.82) is 0 Å². The van der Waals surface area contributed by atoms with Gasteiger partial charge in [-0.3, -0.25) is 10.9 Å². The van der Waals surface area contributed by atoms with Crippen LogP contribution in [0, 0.1) is 0 Å². The molecule has 2 aliphatic heterocycles. The monoisotopic (exact) mass is 149 g/mol. The molecule has 0 aromatic carbocycles. The molecule has 2 bridgehead atoms. The molecule has 0 aliphatic carbocycles. The minimum absolute atomic E-state index is 0.622. The predicted octanol–water partition coefficient (Wildman–Crippen LogP) is 0.131. The molecule has 1 fully saturated rings. The average Bonchev–Trinajstić information content (AvgIpc) is 2.58. The first-order chi connectivity index (χ1) is 5.43. The van der Waals surface area contributed by atoms with E-state index in [1.54, 1.807) is 0 Å². The molecular formula is C8H11N3. The molecular weight excluding hydrogens is 138 g/mol. The zero-order valence-electron chi connectivity index (χ0n) is 6.22. The van der Waals surface area contributed by atoms with Crippen LogP contribution >= 0.6 is 0 Å². The third-order valence-electron chi connectivity index (χ3n) is 2.70. The number of H-pyrrole nitrogens is 1. The summed E-state index contributed by atoms with van der Waals surface area (Å²) in [6, 6.07) is 5.01. The number of aromatic amines is 1. The van der Waals surface area contributed by atoms with Crippen molar-refractivity contribution in [2.24, 2.45) is 0 Å². The predicted molar refractivity (Wildman–Crippen MR) is 42.2 cm³/mol. The van der Waals surface area contributed by atoms with Crippen LogP contribution in [0.1, 0.15) is 17.3 Å². The van der Waals surface area contributed by atoms with Crippen molar-refractivity contribution in [3.63, 3.8) is 0 Å². The van der Waals surface area contributed by atoms with Crippen LogP contribution in [-0.4, -0.2) is 17.6 Å². The molecule has 2 aliphatic rings. The van der Waals surface area contributed by atoms with Crippen LogP contribution in [0.25, 0.3) is 0 Å². The number of nitrogens with one attached hydrogen (secondary N) is 3. The van der Waals surface area contributed by atoms with Crippen molar-refractivity contribution < 1.29 is 0 Å². The normalized spacial score (nSPS) is 33.8. The molecule has 58 valence electrons. The minimum atomic E-state index is 0.622. The summed E-state index contributed by atoms with van der Waals surface area (Å²) in [5, 5.41) is 0. The van der Waals surface area contributed by atoms with Crippen molar-refractivity contribution in [1.82, 2.24) is 15.8 Å². The van der Waals surface area contributed by atoms with Gasteiger partial charge in [0.25, 0.3) is 0 Å². The summed E-state index contributed by atoms with van der Waals surface area (Å²) < 4.78 is 0. The SMILES string of the molecule is c1cc2[nH]c1CC1NNCC21. The smallest absolute Gasteiger partial charge is 0.0363 e. The second kappa shape index (κ2) is 1.87. The van der Waals surface area contributed by atoms with Crippen molar-refractivity contribution in [2.75, 3.05) is 6.54 Å². The van der Waals surface area contributed by atoms with Crippen LogP contribution in [0.2, 0.25) is 0 Å². The van der Waals surface area contributed by atoms with Gasteiger partial charge < -0.3 is 4.98 Å². The molecule has 0 amide bonds. The maximum absolute atomic E-state index is 3.40. The number of aromatic nitrogens is 1. The Balaban J connectivity index is 2.09. The topological polar surface area (TPSA) is 39.9 Å². The van der Waals surface area contributed by atoms with Gasteiger partial charge in [0.2, 0.25) is 0 Å². The molecule has 3 N–H and O–H groups in total. The van der Waals surface area contributed by atoms with Crippen LogP contribution < -0.4 is 10.9 Å². The van der Waals surface area contributed by atoms with E-state index in [0.717, 1.165) is 13.0 Å². The lowest BCUT2D eigenvalue weighted by atomic mass is 9.94. The molecule has 1 aromatic heterocycles. The van der Waals surface area contributed by atoms with Gasteiger partial charge >= 0.3 is 0 Å². The quantitative estimate of drug-likeness (QED) is 0.490. The number of hydrazine groups is 1. The Labute approximate surface area is 65.2 Å². The Morgan fingerprint density at radius 2 is 2.36 bits per heavy atom. The van der Waals surface area contributed by atoms with Crippen LogP contribution in [0.15, 0.2) is 12.1 Å². The van der Waals surface area contributed by atoms with Gasteiger partial charge in [0.1, 0.15) is 0 Å². The largest absolute Gasteiger partial charge is 0.362 e. The van der Waals surface area contributed by atoms with E-state index < -0.39 is 0 Å². The van der Waals surface area contributed by atoms with Gasteiger partial charge in [0.15, 0.2) is 0 Å². The molecule has 3 heteroatoms. The zero-order valence-corrected chi connectivity index (χ0v) is 6.22. The molecule has 11 heavy (non-hydrogen) atoms. The summed E-state index contributed by atoms with van der Waals surface area (Å²) in [6.07, 6.45) is 1.14. The van der Waals surface area contributed by atoms with Crippen LogP contribution in [0.5, 0.6) is 0 Å². The number of hydrogen-bond donors (Lipinski definition) is 3. The number of fused-ring (bicyclic) bond motifs is 4. The number of rotatable bonds is 0. The summed E-state index contributed by atoms with van der Waals surface area (Å²) in [6.45, 7) is 1.06. The lowest BCUT2D eigenvalue weighted by molar-refractivity contribution is 0.501. The molecule has 0 radical (unpaired) electrons. The molecule has 1 saturated heterocycles. The molecule has 3 nitrogen and oxygen atoms in total. The van der Waals surface area contributed by atoms with Gasteiger partial charge in [0.05, 0.1) is 0 Å². The molecule has 1 aromatic rings. The van der Waals surface area contributed by atoms with Gasteiger partial charge in [-0.05, 0) is 12.1 Å². The highest BCUT2D eigenvalue weighted by Gasteiger charge is 2.32. The van der Waals surface area contributed by atoms with Gasteiger partial charge in [-0.25, -0.2) is 0 Å². The van der Waals surface area contributed by atoms with Crippen molar-refractivity contribution in [2.45, 2.75) is 18.4 Å². The van der Waals surface area contributed by atoms with E-state index in [1.807, 2.05) is 0 Å². The summed E-state index contributed by atoms with van der Waals surface area (Å²) in [5.41, 5.74) is 9.22. The molecule has 0 saturated carbocycles. The van der Waals surface area contributed by atoms with Gasteiger partial charge in [-0.1, -0.05) is 0 Å². The standard InChI is InChI=1S/C8H11N3/c1-2-7-6-4-9-11-8(6)3-5(1)10-7/h1-2,6,8-11H,3-4H2. The first-order valence-corrected chi connectivity index (χ1v) is 4.09.